The van der Waals surface area contributed by atoms with Crippen LogP contribution in [-0.4, -0.2) is 72.6 Å². The van der Waals surface area contributed by atoms with Gasteiger partial charge in [-0.3, -0.25) is 9.59 Å². The number of likely N-dealkylation sites (tertiary alicyclic amines) is 1. The number of carbonyl (C=O) groups is 2. The first-order chi connectivity index (χ1) is 12.1. The molecule has 1 atom stereocenters. The maximum atomic E-state index is 12.9. The van der Waals surface area contributed by atoms with Gasteiger partial charge in [-0.1, -0.05) is 6.07 Å². The lowest BCUT2D eigenvalue weighted by atomic mass is 10.1. The fourth-order valence-electron chi connectivity index (χ4n) is 3.66. The Morgan fingerprint density at radius 2 is 1.92 bits per heavy atom. The molecule has 2 saturated heterocycles. The Morgan fingerprint density at radius 3 is 2.72 bits per heavy atom. The van der Waals surface area contributed by atoms with Gasteiger partial charge in [-0.05, 0) is 31.2 Å². The van der Waals surface area contributed by atoms with Crippen molar-refractivity contribution < 1.29 is 19.1 Å². The van der Waals surface area contributed by atoms with Gasteiger partial charge in [0.15, 0.2) is 11.5 Å². The molecule has 4 rings (SSSR count). The van der Waals surface area contributed by atoms with Gasteiger partial charge < -0.3 is 24.2 Å². The molecule has 3 aliphatic rings. The van der Waals surface area contributed by atoms with Crippen LogP contribution in [0.4, 0.5) is 0 Å². The first-order valence-corrected chi connectivity index (χ1v) is 8.77. The van der Waals surface area contributed by atoms with Crippen LogP contribution >= 0.6 is 0 Å². The predicted molar refractivity (Wildman–Crippen MR) is 90.2 cm³/mol. The van der Waals surface area contributed by atoms with Crippen LogP contribution in [0.5, 0.6) is 11.5 Å². The van der Waals surface area contributed by atoms with E-state index >= 15 is 0 Å². The summed E-state index contributed by atoms with van der Waals surface area (Å²) in [5.41, 5.74) is 0.954. The maximum absolute atomic E-state index is 12.9. The van der Waals surface area contributed by atoms with E-state index in [1.165, 1.54) is 0 Å². The maximum Gasteiger partial charge on any atom is 0.245 e. The highest BCUT2D eigenvalue weighted by atomic mass is 16.7. The van der Waals surface area contributed by atoms with Crippen LogP contribution in [0, 0.1) is 0 Å². The van der Waals surface area contributed by atoms with Crippen molar-refractivity contribution in [3.8, 4) is 11.5 Å². The fraction of sp³-hybridized carbons (Fsp3) is 0.556. The second kappa shape index (κ2) is 6.55. The van der Waals surface area contributed by atoms with Gasteiger partial charge in [-0.15, -0.1) is 0 Å². The van der Waals surface area contributed by atoms with Crippen molar-refractivity contribution in [2.24, 2.45) is 0 Å². The number of fused-ring (bicyclic) bond motifs is 1. The van der Waals surface area contributed by atoms with Gasteiger partial charge in [0, 0.05) is 39.1 Å². The van der Waals surface area contributed by atoms with Gasteiger partial charge in [-0.2, -0.15) is 0 Å². The predicted octanol–water partition coefficient (Wildman–Crippen LogP) is 0.680. The summed E-state index contributed by atoms with van der Waals surface area (Å²) in [6, 6.07) is 5.33. The molecule has 1 aromatic rings. The summed E-state index contributed by atoms with van der Waals surface area (Å²) in [6.45, 7) is 3.89. The Balaban J connectivity index is 1.47. The quantitative estimate of drug-likeness (QED) is 0.806. The Labute approximate surface area is 147 Å². The molecule has 7 nitrogen and oxygen atoms in total. The largest absolute Gasteiger partial charge is 0.454 e. The van der Waals surface area contributed by atoms with Crippen molar-refractivity contribution in [1.82, 2.24) is 14.7 Å². The number of hydrogen-bond acceptors (Lipinski definition) is 5. The first-order valence-electron chi connectivity index (χ1n) is 8.77. The lowest BCUT2D eigenvalue weighted by molar-refractivity contribution is -0.142. The van der Waals surface area contributed by atoms with E-state index in [2.05, 4.69) is 11.9 Å². The monoisotopic (exact) mass is 345 g/mol. The lowest BCUT2D eigenvalue weighted by Crippen LogP contribution is -2.53. The van der Waals surface area contributed by atoms with Gasteiger partial charge in [0.2, 0.25) is 18.6 Å². The number of nitrogens with zero attached hydrogens (tertiary/aromatic N) is 3. The lowest BCUT2D eigenvalue weighted by Gasteiger charge is -2.35. The van der Waals surface area contributed by atoms with Crippen LogP contribution in [0.3, 0.4) is 0 Å². The number of ether oxygens (including phenoxy) is 2. The van der Waals surface area contributed by atoms with Crippen molar-refractivity contribution in [3.63, 3.8) is 0 Å². The molecule has 2 fully saturated rings. The van der Waals surface area contributed by atoms with E-state index in [1.54, 1.807) is 4.90 Å². The van der Waals surface area contributed by atoms with E-state index in [9.17, 15) is 9.59 Å². The molecule has 1 aromatic carbocycles. The Kier molecular flexibility index (Phi) is 4.25. The van der Waals surface area contributed by atoms with Crippen LogP contribution in [0.1, 0.15) is 18.4 Å². The molecule has 25 heavy (non-hydrogen) atoms. The van der Waals surface area contributed by atoms with Crippen molar-refractivity contribution in [1.29, 1.82) is 0 Å². The summed E-state index contributed by atoms with van der Waals surface area (Å²) in [5.74, 6) is 1.55. The van der Waals surface area contributed by atoms with Crippen molar-refractivity contribution in [3.05, 3.63) is 23.8 Å². The third-order valence-corrected chi connectivity index (χ3v) is 5.22. The molecule has 3 aliphatic heterocycles. The van der Waals surface area contributed by atoms with E-state index in [4.69, 9.17) is 9.47 Å². The van der Waals surface area contributed by atoms with Gasteiger partial charge in [0.1, 0.15) is 6.04 Å². The molecule has 0 saturated carbocycles. The molecule has 7 heteroatoms. The minimum Gasteiger partial charge on any atom is -0.454 e. The summed E-state index contributed by atoms with van der Waals surface area (Å²) in [6.07, 6.45) is 1.04. The number of hydrogen-bond donors (Lipinski definition) is 0. The standard InChI is InChI=1S/C18H23N3O4/c1-19-6-8-20(9-7-19)18(23)14-3-5-17(22)21(14)11-13-2-4-15-16(10-13)25-12-24-15/h2,4,10,14H,3,5-9,11-12H2,1H3. The Bertz CT molecular complexity index is 685. The van der Waals surface area contributed by atoms with Crippen LogP contribution in [0.25, 0.3) is 0 Å². The van der Waals surface area contributed by atoms with E-state index in [0.29, 0.717) is 25.1 Å². The SMILES string of the molecule is CN1CCN(C(=O)C2CCC(=O)N2Cc2ccc3c(c2)OCO3)CC1. The summed E-state index contributed by atoms with van der Waals surface area (Å²) >= 11 is 0. The number of benzene rings is 1. The summed E-state index contributed by atoms with van der Waals surface area (Å²) in [5, 5.41) is 0. The summed E-state index contributed by atoms with van der Waals surface area (Å²) in [4.78, 5) is 31.1. The van der Waals surface area contributed by atoms with E-state index in [1.807, 2.05) is 23.1 Å². The molecule has 0 spiro atoms. The molecule has 0 aromatic heterocycles. The molecule has 0 N–H and O–H groups in total. The van der Waals surface area contributed by atoms with Crippen LogP contribution in [0.2, 0.25) is 0 Å². The smallest absolute Gasteiger partial charge is 0.245 e. The number of amides is 2. The topological polar surface area (TPSA) is 62.3 Å². The zero-order valence-electron chi connectivity index (χ0n) is 14.4. The third kappa shape index (κ3) is 3.16. The van der Waals surface area contributed by atoms with Crippen LogP contribution in [0.15, 0.2) is 18.2 Å². The highest BCUT2D eigenvalue weighted by Gasteiger charge is 2.38. The van der Waals surface area contributed by atoms with Gasteiger partial charge in [0.05, 0.1) is 0 Å². The highest BCUT2D eigenvalue weighted by molar-refractivity contribution is 5.91. The van der Waals surface area contributed by atoms with Crippen LogP contribution < -0.4 is 9.47 Å². The minimum atomic E-state index is -0.346. The first kappa shape index (κ1) is 16.2. The molecule has 0 bridgehead atoms. The van der Waals surface area contributed by atoms with Crippen LogP contribution in [-0.2, 0) is 16.1 Å². The van der Waals surface area contributed by atoms with Crippen molar-refractivity contribution >= 4 is 11.8 Å². The number of likely N-dealkylation sites (N-methyl/N-ethyl adjacent to an activating group) is 1. The zero-order valence-corrected chi connectivity index (χ0v) is 14.4. The number of rotatable bonds is 3. The molecular formula is C18H23N3O4. The number of piperazine rings is 1. The fourth-order valence-corrected chi connectivity index (χ4v) is 3.66. The van der Waals surface area contributed by atoms with Crippen molar-refractivity contribution in [2.75, 3.05) is 40.0 Å². The molecule has 1 unspecified atom stereocenters. The van der Waals surface area contributed by atoms with E-state index in [-0.39, 0.29) is 24.6 Å². The highest BCUT2D eigenvalue weighted by Crippen LogP contribution is 2.33. The molecule has 134 valence electrons. The summed E-state index contributed by atoms with van der Waals surface area (Å²) in [7, 11) is 2.06. The van der Waals surface area contributed by atoms with Gasteiger partial charge in [0.25, 0.3) is 0 Å². The second-order valence-electron chi connectivity index (χ2n) is 6.89. The summed E-state index contributed by atoms with van der Waals surface area (Å²) < 4.78 is 10.7. The van der Waals surface area contributed by atoms with Gasteiger partial charge >= 0.3 is 0 Å². The molecule has 3 heterocycles. The average Bonchev–Trinajstić information content (AvgIpc) is 3.22. The molecule has 0 radical (unpaired) electrons. The Hall–Kier alpha value is -2.28. The van der Waals surface area contributed by atoms with Crippen molar-refractivity contribution in [2.45, 2.75) is 25.4 Å². The molecule has 2 amide bonds. The number of carbonyl (C=O) groups excluding carboxylic acids is 2. The van der Waals surface area contributed by atoms with E-state index in [0.717, 1.165) is 37.5 Å². The Morgan fingerprint density at radius 1 is 1.16 bits per heavy atom. The van der Waals surface area contributed by atoms with Gasteiger partial charge in [-0.25, -0.2) is 0 Å². The molecule has 0 aliphatic carbocycles. The minimum absolute atomic E-state index is 0.0464. The normalized spacial score (nSPS) is 23.4. The average molecular weight is 345 g/mol. The van der Waals surface area contributed by atoms with E-state index < -0.39 is 0 Å². The zero-order chi connectivity index (χ0) is 17.4. The molecular weight excluding hydrogens is 322 g/mol. The third-order valence-electron chi connectivity index (χ3n) is 5.22. The second-order valence-corrected chi connectivity index (χ2v) is 6.89.